The molecule has 1 N–H and O–H groups in total. The molecule has 5 nitrogen and oxygen atoms in total. The third kappa shape index (κ3) is 3.98. The molecule has 0 aliphatic carbocycles. The summed E-state index contributed by atoms with van der Waals surface area (Å²) in [6.45, 7) is 2.84. The molecule has 1 fully saturated rings. The van der Waals surface area contributed by atoms with Crippen LogP contribution in [0.1, 0.15) is 4.88 Å². The molecule has 27 heavy (non-hydrogen) atoms. The second-order valence-electron chi connectivity index (χ2n) is 6.07. The summed E-state index contributed by atoms with van der Waals surface area (Å²) in [4.78, 5) is 19.9. The molecule has 1 aliphatic rings. The zero-order valence-electron chi connectivity index (χ0n) is 14.5. The van der Waals surface area contributed by atoms with E-state index in [1.165, 1.54) is 6.08 Å². The number of fused-ring (bicyclic) bond motifs is 1. The molecular weight excluding hydrogens is 382 g/mol. The highest BCUT2D eigenvalue weighted by molar-refractivity contribution is 7.20. The number of morpholine rings is 1. The smallest absolute Gasteiger partial charge is 0.248 e. The van der Waals surface area contributed by atoms with E-state index in [4.69, 9.17) is 16.3 Å². The zero-order valence-corrected chi connectivity index (χ0v) is 16.1. The minimum Gasteiger partial charge on any atom is -0.378 e. The Bertz CT molecular complexity index is 996. The van der Waals surface area contributed by atoms with Gasteiger partial charge in [0.1, 0.15) is 0 Å². The van der Waals surface area contributed by atoms with Crippen LogP contribution in [0.25, 0.3) is 16.2 Å². The van der Waals surface area contributed by atoms with Crippen molar-refractivity contribution < 1.29 is 9.53 Å². The minimum absolute atomic E-state index is 0.217. The van der Waals surface area contributed by atoms with Crippen molar-refractivity contribution in [1.29, 1.82) is 0 Å². The second kappa shape index (κ2) is 8.08. The Morgan fingerprint density at radius 3 is 2.85 bits per heavy atom. The Hall–Kier alpha value is -2.41. The first-order chi connectivity index (χ1) is 13.2. The summed E-state index contributed by atoms with van der Waals surface area (Å²) < 4.78 is 6.49. The van der Waals surface area contributed by atoms with Gasteiger partial charge in [0.25, 0.3) is 0 Å². The van der Waals surface area contributed by atoms with Crippen LogP contribution in [-0.4, -0.2) is 37.2 Å². The van der Waals surface area contributed by atoms with Gasteiger partial charge in [-0.05, 0) is 24.3 Å². The molecule has 1 aromatic carbocycles. The van der Waals surface area contributed by atoms with Gasteiger partial charge in [0.15, 0.2) is 5.82 Å². The number of benzene rings is 1. The fourth-order valence-electron chi connectivity index (χ4n) is 2.99. The van der Waals surface area contributed by atoms with Crippen molar-refractivity contribution in [1.82, 2.24) is 4.98 Å². The van der Waals surface area contributed by atoms with Gasteiger partial charge in [-0.15, -0.1) is 11.3 Å². The summed E-state index contributed by atoms with van der Waals surface area (Å²) in [7, 11) is 0. The lowest BCUT2D eigenvalue weighted by Gasteiger charge is -2.29. The summed E-state index contributed by atoms with van der Waals surface area (Å²) in [6.07, 6.45) is 4.99. The molecule has 0 unspecified atom stereocenters. The molecule has 2 aromatic heterocycles. The van der Waals surface area contributed by atoms with E-state index in [2.05, 4.69) is 15.2 Å². The van der Waals surface area contributed by atoms with Gasteiger partial charge in [0.2, 0.25) is 5.91 Å². The Kier molecular flexibility index (Phi) is 5.38. The number of nitrogens with zero attached hydrogens (tertiary/aromatic N) is 2. The maximum Gasteiger partial charge on any atom is 0.248 e. The number of ether oxygens (including phenoxy) is 1. The molecule has 3 heterocycles. The number of thiophene rings is 1. The van der Waals surface area contributed by atoms with Crippen molar-refractivity contribution in [3.05, 3.63) is 58.6 Å². The highest BCUT2D eigenvalue weighted by atomic mass is 35.5. The zero-order chi connectivity index (χ0) is 18.6. The fourth-order valence-corrected chi connectivity index (χ4v) is 4.39. The van der Waals surface area contributed by atoms with E-state index in [-0.39, 0.29) is 5.91 Å². The predicted molar refractivity (Wildman–Crippen MR) is 112 cm³/mol. The van der Waals surface area contributed by atoms with Crippen LogP contribution in [0.4, 0.5) is 11.5 Å². The van der Waals surface area contributed by atoms with Gasteiger partial charge in [-0.25, -0.2) is 4.98 Å². The second-order valence-corrected chi connectivity index (χ2v) is 7.53. The Morgan fingerprint density at radius 1 is 1.22 bits per heavy atom. The van der Waals surface area contributed by atoms with Gasteiger partial charge >= 0.3 is 0 Å². The van der Waals surface area contributed by atoms with Gasteiger partial charge in [-0.2, -0.15) is 0 Å². The van der Waals surface area contributed by atoms with Crippen LogP contribution in [0, 0.1) is 0 Å². The van der Waals surface area contributed by atoms with E-state index < -0.39 is 0 Å². The number of nitrogens with one attached hydrogen (secondary N) is 1. The molecule has 0 atom stereocenters. The molecule has 0 bridgehead atoms. The van der Waals surface area contributed by atoms with Crippen molar-refractivity contribution in [2.75, 3.05) is 36.5 Å². The molecular formula is C20H18ClN3O2S. The maximum atomic E-state index is 12.4. The number of rotatable bonds is 4. The number of hydrogen-bond acceptors (Lipinski definition) is 5. The molecule has 7 heteroatoms. The summed E-state index contributed by atoms with van der Waals surface area (Å²) in [5, 5.41) is 4.60. The largest absolute Gasteiger partial charge is 0.378 e. The van der Waals surface area contributed by atoms with Gasteiger partial charge in [0.05, 0.1) is 23.9 Å². The average molecular weight is 400 g/mol. The van der Waals surface area contributed by atoms with Crippen molar-refractivity contribution in [3.63, 3.8) is 0 Å². The van der Waals surface area contributed by atoms with E-state index in [1.807, 2.05) is 36.4 Å². The molecule has 1 amide bonds. The van der Waals surface area contributed by atoms with Crippen molar-refractivity contribution in [2.24, 2.45) is 0 Å². The first kappa shape index (κ1) is 18.0. The molecule has 0 spiro atoms. The molecule has 138 valence electrons. The lowest BCUT2D eigenvalue weighted by Crippen LogP contribution is -2.37. The quantitative estimate of drug-likeness (QED) is 0.659. The van der Waals surface area contributed by atoms with Crippen LogP contribution in [0.5, 0.6) is 0 Å². The minimum atomic E-state index is -0.217. The molecule has 3 aromatic rings. The molecule has 1 aliphatic heterocycles. The molecule has 1 saturated heterocycles. The number of anilines is 2. The number of aromatic nitrogens is 1. The number of amides is 1. The number of carbonyl (C=O) groups excluding carboxylic acids is 1. The normalized spacial score (nSPS) is 14.8. The predicted octanol–water partition coefficient (Wildman–Crippen LogP) is 4.44. The van der Waals surface area contributed by atoms with Crippen LogP contribution in [-0.2, 0) is 9.53 Å². The van der Waals surface area contributed by atoms with Crippen molar-refractivity contribution >= 4 is 56.5 Å². The van der Waals surface area contributed by atoms with Crippen LogP contribution in [0.3, 0.4) is 0 Å². The monoisotopic (exact) mass is 399 g/mol. The van der Waals surface area contributed by atoms with Crippen LogP contribution >= 0.6 is 22.9 Å². The van der Waals surface area contributed by atoms with Gasteiger partial charge in [0, 0.05) is 40.3 Å². The van der Waals surface area contributed by atoms with E-state index in [9.17, 15) is 4.79 Å². The standard InChI is InChI=1S/C20H18ClN3O2S/c21-19-14-4-1-2-6-16(14)27-17(19)7-8-18(25)23-15-5-3-9-22-20(15)24-10-12-26-13-11-24/h1-9H,10-13H2,(H,23,25)/b8-7+. The van der Waals surface area contributed by atoms with Gasteiger partial charge < -0.3 is 15.0 Å². The summed E-state index contributed by atoms with van der Waals surface area (Å²) >= 11 is 7.99. The highest BCUT2D eigenvalue weighted by Crippen LogP contribution is 2.36. The SMILES string of the molecule is O=C(/C=C/c1sc2ccccc2c1Cl)Nc1cccnc1N1CCOCC1. The van der Waals surface area contributed by atoms with Gasteiger partial charge in [-0.1, -0.05) is 29.8 Å². The summed E-state index contributed by atoms with van der Waals surface area (Å²) in [5.74, 6) is 0.550. The average Bonchev–Trinajstić information content (AvgIpc) is 3.03. The Morgan fingerprint density at radius 2 is 2.04 bits per heavy atom. The van der Waals surface area contributed by atoms with Crippen molar-refractivity contribution in [2.45, 2.75) is 0 Å². The number of carbonyl (C=O) groups is 1. The third-order valence-corrected chi connectivity index (χ3v) is 5.96. The summed E-state index contributed by atoms with van der Waals surface area (Å²) in [6, 6.07) is 11.6. The Balaban J connectivity index is 1.51. The highest BCUT2D eigenvalue weighted by Gasteiger charge is 2.16. The van der Waals surface area contributed by atoms with E-state index in [0.29, 0.717) is 23.9 Å². The van der Waals surface area contributed by atoms with E-state index in [1.54, 1.807) is 23.6 Å². The maximum absolute atomic E-state index is 12.4. The van der Waals surface area contributed by atoms with E-state index in [0.717, 1.165) is 33.9 Å². The first-order valence-corrected chi connectivity index (χ1v) is 9.85. The van der Waals surface area contributed by atoms with Crippen LogP contribution in [0.2, 0.25) is 5.02 Å². The lowest BCUT2D eigenvalue weighted by atomic mass is 10.2. The van der Waals surface area contributed by atoms with Crippen molar-refractivity contribution in [3.8, 4) is 0 Å². The number of hydrogen-bond donors (Lipinski definition) is 1. The molecule has 4 rings (SSSR count). The fraction of sp³-hybridized carbons (Fsp3) is 0.200. The molecule has 0 saturated carbocycles. The first-order valence-electron chi connectivity index (χ1n) is 8.66. The van der Waals surface area contributed by atoms with Gasteiger partial charge in [-0.3, -0.25) is 4.79 Å². The number of pyridine rings is 1. The van der Waals surface area contributed by atoms with Crippen LogP contribution in [0.15, 0.2) is 48.7 Å². The third-order valence-electron chi connectivity index (χ3n) is 4.30. The topological polar surface area (TPSA) is 54.5 Å². The lowest BCUT2D eigenvalue weighted by molar-refractivity contribution is -0.111. The summed E-state index contributed by atoms with van der Waals surface area (Å²) in [5.41, 5.74) is 0.691. The Labute approximate surface area is 166 Å². The van der Waals surface area contributed by atoms with Crippen LogP contribution < -0.4 is 10.2 Å². The molecule has 0 radical (unpaired) electrons. The number of halogens is 1. The van der Waals surface area contributed by atoms with E-state index >= 15 is 0 Å².